The van der Waals surface area contributed by atoms with Crippen molar-refractivity contribution in [2.24, 2.45) is 28.9 Å². The first kappa shape index (κ1) is 15.0. The van der Waals surface area contributed by atoms with E-state index in [1.54, 1.807) is 0 Å². The van der Waals surface area contributed by atoms with Crippen LogP contribution in [0.15, 0.2) is 0 Å². The normalized spacial score (nSPS) is 40.4. The van der Waals surface area contributed by atoms with E-state index in [9.17, 15) is 0 Å². The summed E-state index contributed by atoms with van der Waals surface area (Å²) in [5, 5.41) is 0. The fraction of sp³-hybridized carbons (Fsp3) is 1.00. The van der Waals surface area contributed by atoms with E-state index in [1.165, 1.54) is 32.1 Å². The second-order valence-electron chi connectivity index (χ2n) is 7.59. The molecular weight excluding hydrogens is 206 g/mol. The van der Waals surface area contributed by atoms with Gasteiger partial charge >= 0.3 is 0 Å². The van der Waals surface area contributed by atoms with Crippen LogP contribution in [0.1, 0.15) is 73.6 Å². The Labute approximate surface area is 109 Å². The van der Waals surface area contributed by atoms with Crippen LogP contribution in [0.5, 0.6) is 0 Å². The van der Waals surface area contributed by atoms with Gasteiger partial charge in [0.2, 0.25) is 0 Å². The van der Waals surface area contributed by atoms with Crippen LogP contribution in [0.25, 0.3) is 0 Å². The molecule has 0 spiro atoms. The zero-order chi connectivity index (χ0) is 13.3. The van der Waals surface area contributed by atoms with Crippen LogP contribution < -0.4 is 5.73 Å². The van der Waals surface area contributed by atoms with Gasteiger partial charge in [0.05, 0.1) is 0 Å². The fourth-order valence-corrected chi connectivity index (χ4v) is 3.90. The predicted molar refractivity (Wildman–Crippen MR) is 77.0 cm³/mol. The largest absolute Gasteiger partial charge is 0.325 e. The summed E-state index contributed by atoms with van der Waals surface area (Å²) in [7, 11) is 0. The van der Waals surface area contributed by atoms with Gasteiger partial charge in [0, 0.05) is 5.54 Å². The molecule has 0 aliphatic heterocycles. The Hall–Kier alpha value is -0.0400. The molecule has 0 amide bonds. The first-order valence-electron chi connectivity index (χ1n) is 7.48. The van der Waals surface area contributed by atoms with Crippen molar-refractivity contribution in [2.75, 3.05) is 0 Å². The van der Waals surface area contributed by atoms with Crippen molar-refractivity contribution in [1.82, 2.24) is 0 Å². The summed E-state index contributed by atoms with van der Waals surface area (Å²) in [5.41, 5.74) is 7.14. The van der Waals surface area contributed by atoms with Crippen molar-refractivity contribution in [3.05, 3.63) is 0 Å². The van der Waals surface area contributed by atoms with Gasteiger partial charge in [-0.15, -0.1) is 0 Å². The quantitative estimate of drug-likeness (QED) is 0.748. The van der Waals surface area contributed by atoms with E-state index >= 15 is 0 Å². The Kier molecular flexibility index (Phi) is 4.68. The van der Waals surface area contributed by atoms with Crippen molar-refractivity contribution in [3.8, 4) is 0 Å². The molecule has 0 saturated heterocycles. The van der Waals surface area contributed by atoms with Crippen molar-refractivity contribution in [2.45, 2.75) is 79.2 Å². The minimum absolute atomic E-state index is 0.00755. The molecule has 0 aromatic carbocycles. The molecule has 1 saturated carbocycles. The molecule has 1 heteroatoms. The fourth-order valence-electron chi connectivity index (χ4n) is 3.90. The molecule has 1 aliphatic carbocycles. The molecule has 102 valence electrons. The van der Waals surface area contributed by atoms with E-state index in [4.69, 9.17) is 5.73 Å². The molecule has 1 nitrogen and oxygen atoms in total. The molecule has 0 heterocycles. The third-order valence-electron chi connectivity index (χ3n) is 5.34. The standard InChI is InChI=1S/C16H33N/c1-12(2)14-9-7-8-10-15(5,13(3)4)11-16(14,6)17/h12-14H,7-11,17H2,1-6H3/t14?,15?,16-/m0/s1. The minimum Gasteiger partial charge on any atom is -0.325 e. The minimum atomic E-state index is 0.00755. The Balaban J connectivity index is 2.92. The molecule has 1 fully saturated rings. The molecule has 0 aromatic heterocycles. The first-order valence-corrected chi connectivity index (χ1v) is 7.48. The predicted octanol–water partition coefficient (Wildman–Crippen LogP) is 4.60. The molecule has 0 bridgehead atoms. The topological polar surface area (TPSA) is 26.0 Å². The SMILES string of the molecule is CC(C)C1CCCCC(C)(C(C)C)C[C@]1(C)N. The maximum Gasteiger partial charge on any atom is 0.0162 e. The van der Waals surface area contributed by atoms with Gasteiger partial charge in [0.1, 0.15) is 0 Å². The zero-order valence-electron chi connectivity index (χ0n) is 12.8. The highest BCUT2D eigenvalue weighted by atomic mass is 14.8. The summed E-state index contributed by atoms with van der Waals surface area (Å²) in [4.78, 5) is 0. The number of rotatable bonds is 2. The van der Waals surface area contributed by atoms with E-state index in [-0.39, 0.29) is 5.54 Å². The van der Waals surface area contributed by atoms with Gasteiger partial charge < -0.3 is 5.73 Å². The van der Waals surface area contributed by atoms with Crippen LogP contribution in [0.3, 0.4) is 0 Å². The number of hydrogen-bond acceptors (Lipinski definition) is 1. The van der Waals surface area contributed by atoms with Gasteiger partial charge in [-0.25, -0.2) is 0 Å². The lowest BCUT2D eigenvalue weighted by atomic mass is 9.61. The van der Waals surface area contributed by atoms with Gasteiger partial charge in [-0.1, -0.05) is 47.5 Å². The second-order valence-corrected chi connectivity index (χ2v) is 7.59. The second kappa shape index (κ2) is 5.30. The third-order valence-corrected chi connectivity index (χ3v) is 5.34. The van der Waals surface area contributed by atoms with Crippen molar-refractivity contribution >= 4 is 0 Å². The number of hydrogen-bond donors (Lipinski definition) is 1. The maximum atomic E-state index is 6.71. The lowest BCUT2D eigenvalue weighted by Gasteiger charge is -2.47. The van der Waals surface area contributed by atoms with Crippen LogP contribution in [-0.2, 0) is 0 Å². The highest BCUT2D eigenvalue weighted by molar-refractivity contribution is 4.96. The molecular formula is C16H33N. The van der Waals surface area contributed by atoms with Gasteiger partial charge in [0.25, 0.3) is 0 Å². The van der Waals surface area contributed by atoms with Crippen molar-refractivity contribution in [3.63, 3.8) is 0 Å². The molecule has 17 heavy (non-hydrogen) atoms. The lowest BCUT2D eigenvalue weighted by molar-refractivity contribution is 0.0684. The average molecular weight is 239 g/mol. The molecule has 2 N–H and O–H groups in total. The summed E-state index contributed by atoms with van der Waals surface area (Å²) in [5.74, 6) is 2.12. The highest BCUT2D eigenvalue weighted by Crippen LogP contribution is 2.46. The van der Waals surface area contributed by atoms with E-state index in [1.807, 2.05) is 0 Å². The lowest BCUT2D eigenvalue weighted by Crippen LogP contribution is -2.51. The Bertz CT molecular complexity index is 242. The summed E-state index contributed by atoms with van der Waals surface area (Å²) in [6.45, 7) is 14.1. The van der Waals surface area contributed by atoms with Crippen LogP contribution in [-0.4, -0.2) is 5.54 Å². The van der Waals surface area contributed by atoms with E-state index in [0.29, 0.717) is 17.3 Å². The zero-order valence-corrected chi connectivity index (χ0v) is 12.8. The van der Waals surface area contributed by atoms with E-state index in [2.05, 4.69) is 41.5 Å². The summed E-state index contributed by atoms with van der Waals surface area (Å²) >= 11 is 0. The van der Waals surface area contributed by atoms with Gasteiger partial charge in [-0.3, -0.25) is 0 Å². The Morgan fingerprint density at radius 3 is 2.12 bits per heavy atom. The van der Waals surface area contributed by atoms with Crippen LogP contribution in [0.2, 0.25) is 0 Å². The van der Waals surface area contributed by atoms with E-state index in [0.717, 1.165) is 5.92 Å². The third kappa shape index (κ3) is 3.47. The van der Waals surface area contributed by atoms with Gasteiger partial charge in [-0.05, 0) is 49.4 Å². The molecule has 2 unspecified atom stereocenters. The van der Waals surface area contributed by atoms with Crippen molar-refractivity contribution < 1.29 is 0 Å². The van der Waals surface area contributed by atoms with Crippen molar-refractivity contribution in [1.29, 1.82) is 0 Å². The van der Waals surface area contributed by atoms with Crippen LogP contribution >= 0.6 is 0 Å². The summed E-state index contributed by atoms with van der Waals surface area (Å²) < 4.78 is 0. The summed E-state index contributed by atoms with van der Waals surface area (Å²) in [6, 6.07) is 0. The molecule has 1 aliphatic rings. The summed E-state index contributed by atoms with van der Waals surface area (Å²) in [6.07, 6.45) is 6.59. The Morgan fingerprint density at radius 1 is 1.06 bits per heavy atom. The van der Waals surface area contributed by atoms with E-state index < -0.39 is 0 Å². The maximum absolute atomic E-state index is 6.71. The average Bonchev–Trinajstić information content (AvgIpc) is 2.12. The van der Waals surface area contributed by atoms with Crippen LogP contribution in [0, 0.1) is 23.2 Å². The van der Waals surface area contributed by atoms with Gasteiger partial charge in [0.15, 0.2) is 0 Å². The van der Waals surface area contributed by atoms with Crippen LogP contribution in [0.4, 0.5) is 0 Å². The molecule has 0 radical (unpaired) electrons. The monoisotopic (exact) mass is 239 g/mol. The highest BCUT2D eigenvalue weighted by Gasteiger charge is 2.41. The molecule has 3 atom stereocenters. The molecule has 1 rings (SSSR count). The smallest absolute Gasteiger partial charge is 0.0162 e. The molecule has 0 aromatic rings. The Morgan fingerprint density at radius 2 is 1.65 bits per heavy atom. The van der Waals surface area contributed by atoms with Gasteiger partial charge in [-0.2, -0.15) is 0 Å². The number of nitrogens with two attached hydrogens (primary N) is 1. The first-order chi connectivity index (χ1) is 7.69.